The number of nitrogens with zero attached hydrogens (tertiary/aromatic N) is 1. The molecular weight excluding hydrogens is 282 g/mol. The number of carbonyl (C=O) groups excluding carboxylic acids is 1. The molecule has 0 radical (unpaired) electrons. The quantitative estimate of drug-likeness (QED) is 0.460. The van der Waals surface area contributed by atoms with E-state index in [2.05, 4.69) is 0 Å². The Morgan fingerprint density at radius 1 is 1.14 bits per heavy atom. The molecule has 2 rings (SSSR count). The van der Waals surface area contributed by atoms with Crippen LogP contribution in [0.2, 0.25) is 0 Å². The van der Waals surface area contributed by atoms with Crippen molar-refractivity contribution in [2.75, 3.05) is 6.61 Å². The molecule has 0 aliphatic rings. The van der Waals surface area contributed by atoms with E-state index in [4.69, 9.17) is 4.74 Å². The van der Waals surface area contributed by atoms with Crippen molar-refractivity contribution in [3.8, 4) is 0 Å². The summed E-state index contributed by atoms with van der Waals surface area (Å²) in [6.45, 7) is 2.33. The molecular formula is C17H17NO4. The minimum absolute atomic E-state index is 0.0488. The van der Waals surface area contributed by atoms with Gasteiger partial charge in [0.1, 0.15) is 0 Å². The first-order valence-corrected chi connectivity index (χ1v) is 7.08. The molecule has 0 heterocycles. The molecule has 0 spiro atoms. The highest BCUT2D eigenvalue weighted by Crippen LogP contribution is 2.20. The summed E-state index contributed by atoms with van der Waals surface area (Å²) in [5.41, 5.74) is 1.39. The standard InChI is InChI=1S/C17H17NO4/c1-2-13(14-6-4-3-5-7-14)12-22-17(19)15-8-10-16(11-9-15)18(20)21/h3-11,13H,2,12H2,1H3/t13-/m1/s1. The smallest absolute Gasteiger partial charge is 0.338 e. The molecule has 2 aromatic carbocycles. The maximum Gasteiger partial charge on any atom is 0.338 e. The zero-order valence-electron chi connectivity index (χ0n) is 12.3. The van der Waals surface area contributed by atoms with Crippen molar-refractivity contribution in [1.29, 1.82) is 0 Å². The minimum atomic E-state index is -0.502. The highest BCUT2D eigenvalue weighted by atomic mass is 16.6. The predicted molar refractivity (Wildman–Crippen MR) is 82.9 cm³/mol. The number of esters is 1. The van der Waals surface area contributed by atoms with Gasteiger partial charge in [-0.15, -0.1) is 0 Å². The van der Waals surface area contributed by atoms with Gasteiger partial charge in [0.15, 0.2) is 0 Å². The summed E-state index contributed by atoms with van der Waals surface area (Å²) in [6.07, 6.45) is 0.859. The van der Waals surface area contributed by atoms with Crippen LogP contribution in [-0.2, 0) is 4.74 Å². The van der Waals surface area contributed by atoms with Crippen molar-refractivity contribution in [1.82, 2.24) is 0 Å². The van der Waals surface area contributed by atoms with Crippen molar-refractivity contribution in [3.63, 3.8) is 0 Å². The third-order valence-electron chi connectivity index (χ3n) is 3.49. The molecule has 114 valence electrons. The molecule has 5 nitrogen and oxygen atoms in total. The van der Waals surface area contributed by atoms with Gasteiger partial charge in [0.05, 0.1) is 17.1 Å². The zero-order chi connectivity index (χ0) is 15.9. The molecule has 0 aliphatic heterocycles. The lowest BCUT2D eigenvalue weighted by molar-refractivity contribution is -0.384. The molecule has 0 N–H and O–H groups in total. The Morgan fingerprint density at radius 3 is 2.32 bits per heavy atom. The van der Waals surface area contributed by atoms with Crippen molar-refractivity contribution in [3.05, 3.63) is 75.8 Å². The molecule has 0 unspecified atom stereocenters. The Kier molecular flexibility index (Phi) is 5.25. The number of ether oxygens (including phenoxy) is 1. The number of hydrogen-bond acceptors (Lipinski definition) is 4. The third kappa shape index (κ3) is 3.91. The predicted octanol–water partition coefficient (Wildman–Crippen LogP) is 3.95. The Hall–Kier alpha value is -2.69. The summed E-state index contributed by atoms with van der Waals surface area (Å²) >= 11 is 0. The highest BCUT2D eigenvalue weighted by Gasteiger charge is 2.14. The lowest BCUT2D eigenvalue weighted by Gasteiger charge is -2.15. The molecule has 2 aromatic rings. The van der Waals surface area contributed by atoms with Crippen LogP contribution in [0.1, 0.15) is 35.2 Å². The van der Waals surface area contributed by atoms with Crippen LogP contribution >= 0.6 is 0 Å². The van der Waals surface area contributed by atoms with Crippen LogP contribution in [0.15, 0.2) is 54.6 Å². The van der Waals surface area contributed by atoms with Gasteiger partial charge in [-0.1, -0.05) is 37.3 Å². The molecule has 0 aliphatic carbocycles. The van der Waals surface area contributed by atoms with E-state index in [0.717, 1.165) is 12.0 Å². The molecule has 0 fully saturated rings. The van der Waals surface area contributed by atoms with Crippen LogP contribution in [0.5, 0.6) is 0 Å². The summed E-state index contributed by atoms with van der Waals surface area (Å²) in [5, 5.41) is 10.6. The van der Waals surface area contributed by atoms with Gasteiger partial charge in [0.2, 0.25) is 0 Å². The van der Waals surface area contributed by atoms with Gasteiger partial charge in [-0.2, -0.15) is 0 Å². The van der Waals surface area contributed by atoms with Crippen molar-refractivity contribution in [2.24, 2.45) is 0 Å². The SMILES string of the molecule is CC[C@H](COC(=O)c1ccc([N+](=O)[O-])cc1)c1ccccc1. The minimum Gasteiger partial charge on any atom is -0.461 e. The van der Waals surface area contributed by atoms with Crippen LogP contribution in [0.3, 0.4) is 0 Å². The lowest BCUT2D eigenvalue weighted by atomic mass is 9.97. The Bertz CT molecular complexity index is 637. The van der Waals surface area contributed by atoms with Gasteiger partial charge in [-0.3, -0.25) is 10.1 Å². The number of nitro groups is 1. The fourth-order valence-electron chi connectivity index (χ4n) is 2.15. The van der Waals surface area contributed by atoms with E-state index in [1.807, 2.05) is 37.3 Å². The molecule has 0 bridgehead atoms. The van der Waals surface area contributed by atoms with Gasteiger partial charge in [0.25, 0.3) is 5.69 Å². The van der Waals surface area contributed by atoms with E-state index in [1.165, 1.54) is 24.3 Å². The maximum absolute atomic E-state index is 12.0. The topological polar surface area (TPSA) is 69.4 Å². The Morgan fingerprint density at radius 2 is 1.77 bits per heavy atom. The van der Waals surface area contributed by atoms with E-state index in [9.17, 15) is 14.9 Å². The van der Waals surface area contributed by atoms with Crippen LogP contribution < -0.4 is 0 Å². The van der Waals surface area contributed by atoms with E-state index >= 15 is 0 Å². The summed E-state index contributed by atoms with van der Waals surface area (Å²) in [7, 11) is 0. The first-order valence-electron chi connectivity index (χ1n) is 7.08. The van der Waals surface area contributed by atoms with Crippen LogP contribution in [0.25, 0.3) is 0 Å². The first-order chi connectivity index (χ1) is 10.6. The second-order valence-electron chi connectivity index (χ2n) is 4.92. The van der Waals surface area contributed by atoms with Crippen molar-refractivity contribution < 1.29 is 14.5 Å². The van der Waals surface area contributed by atoms with Gasteiger partial charge >= 0.3 is 5.97 Å². The number of benzene rings is 2. The summed E-state index contributed by atoms with van der Waals surface area (Å²) in [5.74, 6) is -0.326. The highest BCUT2D eigenvalue weighted by molar-refractivity contribution is 5.89. The van der Waals surface area contributed by atoms with Crippen LogP contribution in [0.4, 0.5) is 5.69 Å². The molecule has 0 amide bonds. The number of nitro benzene ring substituents is 1. The third-order valence-corrected chi connectivity index (χ3v) is 3.49. The average Bonchev–Trinajstić information content (AvgIpc) is 2.56. The molecule has 0 aromatic heterocycles. The van der Waals surface area contributed by atoms with Gasteiger partial charge in [-0.05, 0) is 24.1 Å². The fourth-order valence-corrected chi connectivity index (χ4v) is 2.15. The normalized spacial score (nSPS) is 11.7. The largest absolute Gasteiger partial charge is 0.461 e. The average molecular weight is 299 g/mol. The van der Waals surface area contributed by atoms with Gasteiger partial charge in [-0.25, -0.2) is 4.79 Å². The molecule has 0 saturated carbocycles. The number of carbonyl (C=O) groups is 1. The van der Waals surface area contributed by atoms with E-state index in [1.54, 1.807) is 0 Å². The fraction of sp³-hybridized carbons (Fsp3) is 0.235. The number of rotatable bonds is 6. The first kappa shape index (κ1) is 15.7. The van der Waals surface area contributed by atoms with E-state index in [0.29, 0.717) is 5.56 Å². The second-order valence-corrected chi connectivity index (χ2v) is 4.92. The number of non-ortho nitro benzene ring substituents is 1. The molecule has 0 saturated heterocycles. The van der Waals surface area contributed by atoms with Crippen LogP contribution in [-0.4, -0.2) is 17.5 Å². The molecule has 1 atom stereocenters. The molecule has 22 heavy (non-hydrogen) atoms. The van der Waals surface area contributed by atoms with E-state index < -0.39 is 10.9 Å². The van der Waals surface area contributed by atoms with E-state index in [-0.39, 0.29) is 18.2 Å². The summed E-state index contributed by atoms with van der Waals surface area (Å²) in [6, 6.07) is 15.3. The Labute approximate surface area is 128 Å². The summed E-state index contributed by atoms with van der Waals surface area (Å²) in [4.78, 5) is 22.1. The monoisotopic (exact) mass is 299 g/mol. The second kappa shape index (κ2) is 7.36. The van der Waals surface area contributed by atoms with Gasteiger partial charge in [0, 0.05) is 18.1 Å². The van der Waals surface area contributed by atoms with Gasteiger partial charge < -0.3 is 4.74 Å². The van der Waals surface area contributed by atoms with Crippen molar-refractivity contribution in [2.45, 2.75) is 19.3 Å². The van der Waals surface area contributed by atoms with Crippen LogP contribution in [0, 0.1) is 10.1 Å². The zero-order valence-corrected chi connectivity index (χ0v) is 12.3. The Balaban J connectivity index is 1.98. The summed E-state index contributed by atoms with van der Waals surface area (Å²) < 4.78 is 5.33. The maximum atomic E-state index is 12.0. The molecule has 5 heteroatoms. The lowest BCUT2D eigenvalue weighted by Crippen LogP contribution is -2.12. The van der Waals surface area contributed by atoms with Crippen molar-refractivity contribution >= 4 is 11.7 Å². The number of hydrogen-bond donors (Lipinski definition) is 0.